The summed E-state index contributed by atoms with van der Waals surface area (Å²) in [7, 11) is 0. The van der Waals surface area contributed by atoms with Crippen molar-refractivity contribution in [3.05, 3.63) is 17.6 Å². The van der Waals surface area contributed by atoms with Crippen molar-refractivity contribution < 1.29 is 5.11 Å². The van der Waals surface area contributed by atoms with Gasteiger partial charge in [0, 0.05) is 17.8 Å². The molecule has 1 atom stereocenters. The number of hydrogen-bond acceptors (Lipinski definition) is 4. The predicted octanol–water partition coefficient (Wildman–Crippen LogP) is 1.93. The maximum atomic E-state index is 9.19. The quantitative estimate of drug-likeness (QED) is 0.766. The van der Waals surface area contributed by atoms with Crippen LogP contribution in [-0.2, 0) is 12.8 Å². The fourth-order valence-electron chi connectivity index (χ4n) is 2.28. The highest BCUT2D eigenvalue weighted by molar-refractivity contribution is 5.46. The number of rotatable bonds is 5. The van der Waals surface area contributed by atoms with E-state index in [1.165, 1.54) is 24.1 Å². The van der Waals surface area contributed by atoms with Crippen LogP contribution in [0.25, 0.3) is 0 Å². The lowest BCUT2D eigenvalue weighted by Gasteiger charge is -2.18. The fraction of sp³-hybridized carbons (Fsp3) is 0.692. The lowest BCUT2D eigenvalue weighted by molar-refractivity contribution is 0.183. The molecule has 1 aliphatic carbocycles. The molecule has 0 bridgehead atoms. The Hall–Kier alpha value is -1.16. The number of nitrogens with zero attached hydrogens (tertiary/aromatic N) is 2. The molecule has 0 aliphatic heterocycles. The van der Waals surface area contributed by atoms with Gasteiger partial charge in [-0.1, -0.05) is 0 Å². The molecule has 0 radical (unpaired) electrons. The maximum Gasteiger partial charge on any atom is 0.132 e. The van der Waals surface area contributed by atoms with E-state index in [9.17, 15) is 5.11 Å². The van der Waals surface area contributed by atoms with Crippen molar-refractivity contribution in [1.82, 2.24) is 9.97 Å². The van der Waals surface area contributed by atoms with Gasteiger partial charge in [0.25, 0.3) is 0 Å². The molecule has 1 aromatic heterocycles. The van der Waals surface area contributed by atoms with Crippen LogP contribution in [0, 0.1) is 0 Å². The summed E-state index contributed by atoms with van der Waals surface area (Å²) in [5.41, 5.74) is 2.51. The van der Waals surface area contributed by atoms with Crippen LogP contribution in [0.1, 0.15) is 43.9 Å². The van der Waals surface area contributed by atoms with Crippen molar-refractivity contribution in [3.63, 3.8) is 0 Å². The molecule has 17 heavy (non-hydrogen) atoms. The molecule has 4 nitrogen and oxygen atoms in total. The fourth-order valence-corrected chi connectivity index (χ4v) is 2.28. The molecular weight excluding hydrogens is 214 g/mol. The summed E-state index contributed by atoms with van der Waals surface area (Å²) >= 11 is 0. The van der Waals surface area contributed by atoms with Crippen molar-refractivity contribution in [2.75, 3.05) is 11.9 Å². The normalized spacial score (nSPS) is 16.4. The smallest absolute Gasteiger partial charge is 0.132 e. The Balaban J connectivity index is 1.92. The van der Waals surface area contributed by atoms with E-state index in [1.54, 1.807) is 6.33 Å². The summed E-state index contributed by atoms with van der Waals surface area (Å²) < 4.78 is 0. The third-order valence-corrected chi connectivity index (χ3v) is 3.22. The summed E-state index contributed by atoms with van der Waals surface area (Å²) in [5.74, 6) is 1.00. The van der Waals surface area contributed by atoms with E-state index < -0.39 is 0 Å². The number of aryl methyl sites for hydroxylation is 1. The molecule has 0 fully saturated rings. The number of nitrogens with one attached hydrogen (secondary N) is 1. The lowest BCUT2D eigenvalue weighted by atomic mass is 9.96. The molecule has 1 heterocycles. The second-order valence-corrected chi connectivity index (χ2v) is 4.77. The third-order valence-electron chi connectivity index (χ3n) is 3.22. The second-order valence-electron chi connectivity index (χ2n) is 4.77. The molecule has 2 N–H and O–H groups in total. The number of aliphatic hydroxyl groups is 1. The molecule has 0 saturated carbocycles. The van der Waals surface area contributed by atoms with Crippen LogP contribution in [0.3, 0.4) is 0 Å². The zero-order valence-electron chi connectivity index (χ0n) is 10.4. The molecule has 2 rings (SSSR count). The molecule has 1 aliphatic rings. The second kappa shape index (κ2) is 5.96. The van der Waals surface area contributed by atoms with E-state index in [-0.39, 0.29) is 6.10 Å². The predicted molar refractivity (Wildman–Crippen MR) is 68.1 cm³/mol. The Morgan fingerprint density at radius 2 is 2.18 bits per heavy atom. The number of hydrogen-bond donors (Lipinski definition) is 2. The Morgan fingerprint density at radius 3 is 3.00 bits per heavy atom. The van der Waals surface area contributed by atoms with Crippen LogP contribution in [0.15, 0.2) is 6.33 Å². The first-order valence-electron chi connectivity index (χ1n) is 6.52. The van der Waals surface area contributed by atoms with E-state index in [2.05, 4.69) is 15.3 Å². The van der Waals surface area contributed by atoms with Crippen LogP contribution < -0.4 is 5.32 Å². The van der Waals surface area contributed by atoms with Gasteiger partial charge in [-0.3, -0.25) is 0 Å². The molecule has 1 aromatic rings. The maximum absolute atomic E-state index is 9.19. The van der Waals surface area contributed by atoms with Crippen LogP contribution in [-0.4, -0.2) is 27.7 Å². The highest BCUT2D eigenvalue weighted by Gasteiger charge is 2.14. The van der Waals surface area contributed by atoms with Gasteiger partial charge in [-0.05, 0) is 45.4 Å². The van der Waals surface area contributed by atoms with E-state index in [0.717, 1.165) is 38.0 Å². The van der Waals surface area contributed by atoms with Gasteiger partial charge in [-0.2, -0.15) is 0 Å². The summed E-state index contributed by atoms with van der Waals surface area (Å²) in [6, 6.07) is 0. The van der Waals surface area contributed by atoms with Gasteiger partial charge in [0.05, 0.1) is 6.10 Å². The lowest BCUT2D eigenvalue weighted by Crippen LogP contribution is -2.13. The Labute approximate surface area is 102 Å². The molecule has 1 unspecified atom stereocenters. The van der Waals surface area contributed by atoms with Crippen molar-refractivity contribution in [2.45, 2.75) is 51.6 Å². The van der Waals surface area contributed by atoms with Crippen LogP contribution >= 0.6 is 0 Å². The van der Waals surface area contributed by atoms with E-state index in [0.29, 0.717) is 0 Å². The Morgan fingerprint density at radius 1 is 1.35 bits per heavy atom. The topological polar surface area (TPSA) is 58.0 Å². The largest absolute Gasteiger partial charge is 0.393 e. The molecular formula is C13H21N3O. The molecule has 4 heteroatoms. The van der Waals surface area contributed by atoms with E-state index in [1.807, 2.05) is 6.92 Å². The molecule has 0 spiro atoms. The van der Waals surface area contributed by atoms with Gasteiger partial charge in [0.1, 0.15) is 12.1 Å². The van der Waals surface area contributed by atoms with E-state index in [4.69, 9.17) is 0 Å². The number of anilines is 1. The van der Waals surface area contributed by atoms with Crippen molar-refractivity contribution >= 4 is 5.82 Å². The van der Waals surface area contributed by atoms with Crippen LogP contribution in [0.5, 0.6) is 0 Å². The molecule has 0 saturated heterocycles. The minimum Gasteiger partial charge on any atom is -0.393 e. The highest BCUT2D eigenvalue weighted by atomic mass is 16.3. The Bertz CT molecular complexity index is 366. The summed E-state index contributed by atoms with van der Waals surface area (Å²) in [4.78, 5) is 8.67. The van der Waals surface area contributed by atoms with Gasteiger partial charge < -0.3 is 10.4 Å². The van der Waals surface area contributed by atoms with Crippen molar-refractivity contribution in [3.8, 4) is 0 Å². The first-order valence-corrected chi connectivity index (χ1v) is 6.52. The zero-order chi connectivity index (χ0) is 12.1. The summed E-state index contributed by atoms with van der Waals surface area (Å²) in [6.07, 6.45) is 7.90. The third kappa shape index (κ3) is 3.40. The van der Waals surface area contributed by atoms with Crippen LogP contribution in [0.2, 0.25) is 0 Å². The van der Waals surface area contributed by atoms with Gasteiger partial charge in [0.15, 0.2) is 0 Å². The summed E-state index contributed by atoms with van der Waals surface area (Å²) in [5, 5.41) is 12.6. The van der Waals surface area contributed by atoms with Crippen molar-refractivity contribution in [2.24, 2.45) is 0 Å². The van der Waals surface area contributed by atoms with E-state index >= 15 is 0 Å². The molecule has 94 valence electrons. The molecule has 0 aromatic carbocycles. The number of aromatic nitrogens is 2. The van der Waals surface area contributed by atoms with Gasteiger partial charge in [0.2, 0.25) is 0 Å². The SMILES string of the molecule is CC(O)CCCNc1ncnc2c1CCCC2. The minimum absolute atomic E-state index is 0.212. The first-order chi connectivity index (χ1) is 8.27. The average molecular weight is 235 g/mol. The summed E-state index contributed by atoms with van der Waals surface area (Å²) in [6.45, 7) is 2.70. The first kappa shape index (κ1) is 12.3. The number of aliphatic hydroxyl groups excluding tert-OH is 1. The Kier molecular flexibility index (Phi) is 4.31. The highest BCUT2D eigenvalue weighted by Crippen LogP contribution is 2.24. The standard InChI is InChI=1S/C13H21N3O/c1-10(17)5-4-8-14-13-11-6-2-3-7-12(11)15-9-16-13/h9-10,17H,2-8H2,1H3,(H,14,15,16). The average Bonchev–Trinajstić information content (AvgIpc) is 2.34. The zero-order valence-corrected chi connectivity index (χ0v) is 10.4. The molecule has 0 amide bonds. The van der Waals surface area contributed by atoms with Crippen molar-refractivity contribution in [1.29, 1.82) is 0 Å². The van der Waals surface area contributed by atoms with Gasteiger partial charge in [-0.15, -0.1) is 0 Å². The number of fused-ring (bicyclic) bond motifs is 1. The van der Waals surface area contributed by atoms with Gasteiger partial charge in [-0.25, -0.2) is 9.97 Å². The monoisotopic (exact) mass is 235 g/mol. The van der Waals surface area contributed by atoms with Gasteiger partial charge >= 0.3 is 0 Å². The minimum atomic E-state index is -0.212. The van der Waals surface area contributed by atoms with Crippen LogP contribution in [0.4, 0.5) is 5.82 Å².